The second-order valence-corrected chi connectivity index (χ2v) is 11.8. The quantitative estimate of drug-likeness (QED) is 0.140. The summed E-state index contributed by atoms with van der Waals surface area (Å²) >= 11 is 0. The molecule has 2 aliphatic carbocycles. The summed E-state index contributed by atoms with van der Waals surface area (Å²) in [7, 11) is 0. The lowest BCUT2D eigenvalue weighted by atomic mass is 9.92. The van der Waals surface area contributed by atoms with Gasteiger partial charge in [0.25, 0.3) is 0 Å². The van der Waals surface area contributed by atoms with E-state index in [1.807, 2.05) is 36.4 Å². The molecular weight excluding hydrogens is 504 g/mol. The molecule has 0 radical (unpaired) electrons. The molecule has 2 atom stereocenters. The lowest BCUT2D eigenvalue weighted by Crippen LogP contribution is -2.53. The summed E-state index contributed by atoms with van der Waals surface area (Å²) in [6.07, 6.45) is 13.7. The highest BCUT2D eigenvalue weighted by Crippen LogP contribution is 2.32. The first-order valence-electron chi connectivity index (χ1n) is 15.0. The summed E-state index contributed by atoms with van der Waals surface area (Å²) in [5.41, 5.74) is -0.105. The fraction of sp³-hybridized carbons (Fsp3) is 0.606. The summed E-state index contributed by atoms with van der Waals surface area (Å²) in [5.74, 6) is -1.52. The van der Waals surface area contributed by atoms with Crippen LogP contribution in [-0.2, 0) is 25.5 Å². The van der Waals surface area contributed by atoms with Gasteiger partial charge >= 0.3 is 5.97 Å². The summed E-state index contributed by atoms with van der Waals surface area (Å²) in [4.78, 5) is 39.7. The Bertz CT molecular complexity index is 980. The molecule has 2 aliphatic rings. The molecule has 0 bridgehead atoms. The Labute approximate surface area is 239 Å². The maximum atomic E-state index is 13.5. The molecule has 0 aliphatic heterocycles. The van der Waals surface area contributed by atoms with Crippen LogP contribution in [0.5, 0.6) is 0 Å². The highest BCUT2D eigenvalue weighted by molar-refractivity contribution is 5.86. The van der Waals surface area contributed by atoms with Crippen LogP contribution in [0.2, 0.25) is 0 Å². The van der Waals surface area contributed by atoms with Gasteiger partial charge in [0.15, 0.2) is 0 Å². The Morgan fingerprint density at radius 3 is 2.17 bits per heavy atom. The molecule has 3 N–H and O–H groups in total. The van der Waals surface area contributed by atoms with Gasteiger partial charge in [-0.1, -0.05) is 68.2 Å². The molecule has 2 saturated carbocycles. The van der Waals surface area contributed by atoms with Gasteiger partial charge in [-0.05, 0) is 63.4 Å². The first-order valence-corrected chi connectivity index (χ1v) is 15.0. The third kappa shape index (κ3) is 9.33. The Morgan fingerprint density at radius 1 is 0.925 bits per heavy atom. The van der Waals surface area contributed by atoms with E-state index < -0.39 is 17.0 Å². The zero-order chi connectivity index (χ0) is 28.8. The van der Waals surface area contributed by atoms with E-state index in [4.69, 9.17) is 4.74 Å². The van der Waals surface area contributed by atoms with Gasteiger partial charge in [-0.2, -0.15) is 0 Å². The molecule has 7 nitrogen and oxygen atoms in total. The summed E-state index contributed by atoms with van der Waals surface area (Å²) in [6.45, 7) is 7.62. The molecule has 3 rings (SSSR count). The number of hydrogen-bond donors (Lipinski definition) is 3. The Kier molecular flexibility index (Phi) is 12.4. The van der Waals surface area contributed by atoms with Crippen molar-refractivity contribution in [1.29, 1.82) is 0 Å². The second-order valence-electron chi connectivity index (χ2n) is 11.8. The van der Waals surface area contributed by atoms with Crippen molar-refractivity contribution < 1.29 is 24.2 Å². The van der Waals surface area contributed by atoms with Crippen LogP contribution in [0.4, 0.5) is 0 Å². The van der Waals surface area contributed by atoms with Gasteiger partial charge in [0.2, 0.25) is 11.8 Å². The summed E-state index contributed by atoms with van der Waals surface area (Å²) < 4.78 is 5.93. The number of carbonyl (C=O) groups excluding carboxylic acids is 3. The lowest BCUT2D eigenvalue weighted by Gasteiger charge is -2.33. The van der Waals surface area contributed by atoms with Crippen molar-refractivity contribution in [3.8, 4) is 0 Å². The molecule has 1 aromatic rings. The molecule has 220 valence electrons. The molecule has 1 aromatic carbocycles. The normalized spacial score (nSPS) is 18.8. The van der Waals surface area contributed by atoms with Gasteiger partial charge in [-0.25, -0.2) is 0 Å². The topological polar surface area (TPSA) is 105 Å². The van der Waals surface area contributed by atoms with Crippen molar-refractivity contribution >= 4 is 17.8 Å². The zero-order valence-corrected chi connectivity index (χ0v) is 24.0. The monoisotopic (exact) mass is 552 g/mol. The van der Waals surface area contributed by atoms with Crippen molar-refractivity contribution in [3.05, 3.63) is 61.2 Å². The summed E-state index contributed by atoms with van der Waals surface area (Å²) in [6, 6.07) is 9.96. The van der Waals surface area contributed by atoms with Crippen molar-refractivity contribution in [2.75, 3.05) is 13.2 Å². The van der Waals surface area contributed by atoms with Crippen molar-refractivity contribution in [2.24, 2.45) is 11.8 Å². The third-order valence-corrected chi connectivity index (χ3v) is 8.58. The number of unbranched alkanes of at least 4 members (excludes halogenated alkanes) is 1. The predicted molar refractivity (Wildman–Crippen MR) is 157 cm³/mol. The number of amides is 2. The van der Waals surface area contributed by atoms with Gasteiger partial charge in [0.05, 0.1) is 29.5 Å². The fourth-order valence-corrected chi connectivity index (χ4v) is 6.19. The van der Waals surface area contributed by atoms with Gasteiger partial charge in [0.1, 0.15) is 6.61 Å². The number of benzene rings is 1. The first-order chi connectivity index (χ1) is 19.3. The predicted octanol–water partition coefficient (Wildman–Crippen LogP) is 5.18. The number of hydrogen-bond acceptors (Lipinski definition) is 5. The largest absolute Gasteiger partial charge is 0.463 e. The van der Waals surface area contributed by atoms with Gasteiger partial charge in [-0.15, -0.1) is 13.2 Å². The highest BCUT2D eigenvalue weighted by atomic mass is 16.5. The third-order valence-electron chi connectivity index (χ3n) is 8.58. The van der Waals surface area contributed by atoms with Crippen LogP contribution in [0, 0.1) is 11.8 Å². The number of nitrogens with one attached hydrogen (secondary N) is 2. The van der Waals surface area contributed by atoms with Gasteiger partial charge in [0, 0.05) is 6.42 Å². The SMILES string of the molecule is C=CCCCC(Cc1ccccc1)C(=O)OCC1(NC(=O)C(CC=C)CC(=O)NC2(CO)CCCC2)CCCC1. The number of ether oxygens (including phenoxy) is 1. The van der Waals surface area contributed by atoms with Crippen LogP contribution in [0.1, 0.15) is 89.0 Å². The molecule has 0 aromatic heterocycles. The highest BCUT2D eigenvalue weighted by Gasteiger charge is 2.40. The van der Waals surface area contributed by atoms with E-state index in [0.717, 1.165) is 69.8 Å². The minimum atomic E-state index is -0.626. The van der Waals surface area contributed by atoms with Crippen molar-refractivity contribution in [2.45, 2.75) is 101 Å². The van der Waals surface area contributed by atoms with Crippen LogP contribution < -0.4 is 10.6 Å². The first kappa shape index (κ1) is 31.6. The average molecular weight is 553 g/mol. The molecule has 2 amide bonds. The molecule has 0 spiro atoms. The average Bonchev–Trinajstić information content (AvgIpc) is 3.62. The van der Waals surface area contributed by atoms with E-state index in [1.165, 1.54) is 0 Å². The smallest absolute Gasteiger partial charge is 0.309 e. The standard InChI is InChI=1S/C33H48N2O5/c1-3-5-7-17-28(22-26-15-8-6-9-16-26)31(39)40-25-33(20-12-13-21-33)35-30(38)27(14-4-2)23-29(37)34-32(24-36)18-10-11-19-32/h3-4,6,8-9,15-16,27-28,36H,1-2,5,7,10-14,17-25H2,(H,34,37)(H,35,38). The van der Waals surface area contributed by atoms with E-state index in [-0.39, 0.29) is 43.3 Å². The number of aliphatic hydroxyl groups is 1. The Hall–Kier alpha value is -2.93. The van der Waals surface area contributed by atoms with Crippen LogP contribution in [0.3, 0.4) is 0 Å². The molecule has 0 heterocycles. The molecule has 40 heavy (non-hydrogen) atoms. The van der Waals surface area contributed by atoms with E-state index in [0.29, 0.717) is 19.3 Å². The van der Waals surface area contributed by atoms with Crippen LogP contribution in [-0.4, -0.2) is 47.2 Å². The van der Waals surface area contributed by atoms with Gasteiger partial charge < -0.3 is 20.5 Å². The molecule has 2 fully saturated rings. The minimum absolute atomic E-state index is 0.0257. The number of rotatable bonds is 17. The maximum Gasteiger partial charge on any atom is 0.309 e. The number of esters is 1. The minimum Gasteiger partial charge on any atom is -0.463 e. The Balaban J connectivity index is 1.62. The molecular formula is C33H48N2O5. The summed E-state index contributed by atoms with van der Waals surface area (Å²) in [5, 5.41) is 16.1. The fourth-order valence-electron chi connectivity index (χ4n) is 6.19. The molecule has 7 heteroatoms. The van der Waals surface area contributed by atoms with Crippen molar-refractivity contribution in [3.63, 3.8) is 0 Å². The number of allylic oxidation sites excluding steroid dienone is 2. The molecule has 2 unspecified atom stereocenters. The number of aliphatic hydroxyl groups excluding tert-OH is 1. The van der Waals surface area contributed by atoms with E-state index in [2.05, 4.69) is 23.8 Å². The lowest BCUT2D eigenvalue weighted by molar-refractivity contribution is -0.152. The maximum absolute atomic E-state index is 13.5. The molecule has 0 saturated heterocycles. The van der Waals surface area contributed by atoms with E-state index in [9.17, 15) is 19.5 Å². The van der Waals surface area contributed by atoms with Gasteiger partial charge in [-0.3, -0.25) is 14.4 Å². The van der Waals surface area contributed by atoms with Crippen LogP contribution in [0.25, 0.3) is 0 Å². The Morgan fingerprint density at radius 2 is 1.57 bits per heavy atom. The number of carbonyl (C=O) groups is 3. The second kappa shape index (κ2) is 15.8. The van der Waals surface area contributed by atoms with E-state index >= 15 is 0 Å². The van der Waals surface area contributed by atoms with Crippen LogP contribution in [0.15, 0.2) is 55.6 Å². The van der Waals surface area contributed by atoms with E-state index in [1.54, 1.807) is 6.08 Å². The zero-order valence-electron chi connectivity index (χ0n) is 24.0. The van der Waals surface area contributed by atoms with Crippen LogP contribution >= 0.6 is 0 Å². The van der Waals surface area contributed by atoms with Crippen molar-refractivity contribution in [1.82, 2.24) is 10.6 Å².